The molecule has 2 aromatic rings. The average molecular weight is 194 g/mol. The van der Waals surface area contributed by atoms with Crippen LogP contribution in [0, 0.1) is 6.92 Å². The van der Waals surface area contributed by atoms with Gasteiger partial charge in [-0.3, -0.25) is 0 Å². The van der Waals surface area contributed by atoms with E-state index in [0.717, 1.165) is 0 Å². The number of nitrogens with zero attached hydrogens (tertiary/aromatic N) is 2. The van der Waals surface area contributed by atoms with Gasteiger partial charge in [-0.15, -0.1) is 0 Å². The number of rotatable bonds is 2. The number of hydrogen-bond acceptors (Lipinski definition) is 5. The van der Waals surface area contributed by atoms with Gasteiger partial charge < -0.3 is 14.2 Å². The third-order valence-electron chi connectivity index (χ3n) is 1.61. The molecule has 0 aliphatic rings. The van der Waals surface area contributed by atoms with Crippen LogP contribution in [-0.4, -0.2) is 21.4 Å². The Morgan fingerprint density at radius 2 is 2.14 bits per heavy atom. The highest BCUT2D eigenvalue weighted by Crippen LogP contribution is 2.19. The lowest BCUT2D eigenvalue weighted by Crippen LogP contribution is -1.94. The van der Waals surface area contributed by atoms with Crippen molar-refractivity contribution in [2.75, 3.05) is 0 Å². The van der Waals surface area contributed by atoms with Gasteiger partial charge in [0, 0.05) is 12.1 Å². The minimum Gasteiger partial charge on any atom is -0.476 e. The molecule has 0 unspecified atom stereocenters. The first kappa shape index (κ1) is 8.49. The van der Waals surface area contributed by atoms with E-state index in [0.29, 0.717) is 11.5 Å². The van der Waals surface area contributed by atoms with Crippen LogP contribution < -0.4 is 0 Å². The zero-order valence-corrected chi connectivity index (χ0v) is 7.22. The Kier molecular flexibility index (Phi) is 1.81. The summed E-state index contributed by atoms with van der Waals surface area (Å²) in [6.07, 6.45) is 0. The largest absolute Gasteiger partial charge is 0.476 e. The molecule has 2 heterocycles. The average Bonchev–Trinajstić information content (AvgIpc) is 2.70. The SMILES string of the molecule is Cc1cc(-c2cc(C(=O)O)no2)no1. The van der Waals surface area contributed by atoms with E-state index in [1.54, 1.807) is 13.0 Å². The van der Waals surface area contributed by atoms with Crippen molar-refractivity contribution in [1.82, 2.24) is 10.3 Å². The predicted molar refractivity (Wildman–Crippen MR) is 43.7 cm³/mol. The van der Waals surface area contributed by atoms with Crippen LogP contribution in [0.3, 0.4) is 0 Å². The van der Waals surface area contributed by atoms with E-state index in [2.05, 4.69) is 10.3 Å². The predicted octanol–water partition coefficient (Wildman–Crippen LogP) is 1.34. The Hall–Kier alpha value is -2.11. The quantitative estimate of drug-likeness (QED) is 0.775. The molecule has 2 rings (SSSR count). The number of aromatic nitrogens is 2. The Labute approximate surface area is 78.1 Å². The molecule has 6 nitrogen and oxygen atoms in total. The van der Waals surface area contributed by atoms with E-state index in [9.17, 15) is 4.79 Å². The summed E-state index contributed by atoms with van der Waals surface area (Å²) < 4.78 is 9.58. The maximum Gasteiger partial charge on any atom is 0.358 e. The van der Waals surface area contributed by atoms with E-state index in [-0.39, 0.29) is 11.5 Å². The van der Waals surface area contributed by atoms with Gasteiger partial charge in [-0.05, 0) is 6.92 Å². The molecule has 0 aromatic carbocycles. The highest BCUT2D eigenvalue weighted by molar-refractivity contribution is 5.86. The molecule has 72 valence electrons. The molecule has 0 amide bonds. The molecule has 0 bridgehead atoms. The topological polar surface area (TPSA) is 89.4 Å². The van der Waals surface area contributed by atoms with Crippen LogP contribution in [0.1, 0.15) is 16.2 Å². The second-order valence-electron chi connectivity index (χ2n) is 2.70. The van der Waals surface area contributed by atoms with Gasteiger partial charge >= 0.3 is 5.97 Å². The zero-order chi connectivity index (χ0) is 10.1. The first-order valence-electron chi connectivity index (χ1n) is 3.80. The monoisotopic (exact) mass is 194 g/mol. The van der Waals surface area contributed by atoms with E-state index in [4.69, 9.17) is 14.2 Å². The molecule has 2 aromatic heterocycles. The molecule has 0 radical (unpaired) electrons. The number of carboxylic acid groups (broad SMARTS) is 1. The number of hydrogen-bond donors (Lipinski definition) is 1. The maximum absolute atomic E-state index is 10.5. The fraction of sp³-hybridized carbons (Fsp3) is 0.125. The summed E-state index contributed by atoms with van der Waals surface area (Å²) in [5, 5.41) is 15.6. The summed E-state index contributed by atoms with van der Waals surface area (Å²) in [5.41, 5.74) is 0.281. The Morgan fingerprint density at radius 1 is 1.36 bits per heavy atom. The maximum atomic E-state index is 10.5. The first-order chi connectivity index (χ1) is 6.66. The molecule has 6 heteroatoms. The summed E-state index contributed by atoms with van der Waals surface area (Å²) in [4.78, 5) is 10.5. The minimum absolute atomic E-state index is 0.152. The molecule has 0 fully saturated rings. The Morgan fingerprint density at radius 3 is 2.64 bits per heavy atom. The lowest BCUT2D eigenvalue weighted by atomic mass is 10.3. The summed E-state index contributed by atoms with van der Waals surface area (Å²) in [7, 11) is 0. The van der Waals surface area contributed by atoms with Crippen molar-refractivity contribution in [1.29, 1.82) is 0 Å². The highest BCUT2D eigenvalue weighted by Gasteiger charge is 2.14. The smallest absolute Gasteiger partial charge is 0.358 e. The van der Waals surface area contributed by atoms with Gasteiger partial charge in [-0.2, -0.15) is 0 Å². The second-order valence-corrected chi connectivity index (χ2v) is 2.70. The number of carboxylic acids is 1. The molecule has 0 spiro atoms. The van der Waals surface area contributed by atoms with Crippen LogP contribution in [-0.2, 0) is 0 Å². The molecular formula is C8H6N2O4. The van der Waals surface area contributed by atoms with Gasteiger partial charge in [0.2, 0.25) is 0 Å². The van der Waals surface area contributed by atoms with Crippen molar-refractivity contribution in [2.45, 2.75) is 6.92 Å². The van der Waals surface area contributed by atoms with Gasteiger partial charge in [-0.1, -0.05) is 10.3 Å². The number of aryl methyl sites for hydroxylation is 1. The van der Waals surface area contributed by atoms with E-state index >= 15 is 0 Å². The molecule has 0 aliphatic carbocycles. The lowest BCUT2D eigenvalue weighted by molar-refractivity contribution is 0.0686. The fourth-order valence-electron chi connectivity index (χ4n) is 0.979. The lowest BCUT2D eigenvalue weighted by Gasteiger charge is -1.80. The van der Waals surface area contributed by atoms with Crippen LogP contribution in [0.4, 0.5) is 0 Å². The van der Waals surface area contributed by atoms with Gasteiger partial charge in [0.05, 0.1) is 0 Å². The minimum atomic E-state index is -1.14. The zero-order valence-electron chi connectivity index (χ0n) is 7.22. The second kappa shape index (κ2) is 2.99. The standard InChI is InChI=1S/C8H6N2O4/c1-4-2-5(9-13-4)7-3-6(8(11)12)10-14-7/h2-3H,1H3,(H,11,12). The summed E-state index contributed by atoms with van der Waals surface area (Å²) in [5.74, 6) is -0.243. The van der Waals surface area contributed by atoms with Crippen LogP contribution in [0.5, 0.6) is 0 Å². The molecule has 0 atom stereocenters. The Balaban J connectivity index is 2.38. The van der Waals surface area contributed by atoms with Crippen LogP contribution in [0.2, 0.25) is 0 Å². The summed E-state index contributed by atoms with van der Waals surface area (Å²) in [6, 6.07) is 2.92. The third kappa shape index (κ3) is 1.37. The van der Waals surface area contributed by atoms with Crippen LogP contribution >= 0.6 is 0 Å². The first-order valence-corrected chi connectivity index (χ1v) is 3.80. The van der Waals surface area contributed by atoms with Crippen molar-refractivity contribution in [2.24, 2.45) is 0 Å². The molecule has 0 aliphatic heterocycles. The van der Waals surface area contributed by atoms with E-state index < -0.39 is 5.97 Å². The van der Waals surface area contributed by atoms with Gasteiger partial charge in [0.25, 0.3) is 0 Å². The molecule has 0 saturated heterocycles. The molecule has 0 saturated carbocycles. The molecule has 14 heavy (non-hydrogen) atoms. The molecule has 1 N–H and O–H groups in total. The van der Waals surface area contributed by atoms with Crippen LogP contribution in [0.25, 0.3) is 11.5 Å². The van der Waals surface area contributed by atoms with Crippen LogP contribution in [0.15, 0.2) is 21.2 Å². The highest BCUT2D eigenvalue weighted by atomic mass is 16.5. The van der Waals surface area contributed by atoms with Gasteiger partial charge in [0.15, 0.2) is 17.1 Å². The normalized spacial score (nSPS) is 10.4. The van der Waals surface area contributed by atoms with Crippen molar-refractivity contribution >= 4 is 5.97 Å². The fourth-order valence-corrected chi connectivity index (χ4v) is 0.979. The van der Waals surface area contributed by atoms with E-state index in [1.807, 2.05) is 0 Å². The Bertz CT molecular complexity index is 471. The van der Waals surface area contributed by atoms with Gasteiger partial charge in [0.1, 0.15) is 5.76 Å². The summed E-state index contributed by atoms with van der Waals surface area (Å²) >= 11 is 0. The van der Waals surface area contributed by atoms with Crippen molar-refractivity contribution in [3.63, 3.8) is 0 Å². The van der Waals surface area contributed by atoms with Crippen molar-refractivity contribution in [3.8, 4) is 11.5 Å². The number of aromatic carboxylic acids is 1. The van der Waals surface area contributed by atoms with Crippen molar-refractivity contribution < 1.29 is 18.9 Å². The molecular weight excluding hydrogens is 188 g/mol. The summed E-state index contributed by atoms with van der Waals surface area (Å²) in [6.45, 7) is 1.73. The van der Waals surface area contributed by atoms with E-state index in [1.165, 1.54) is 6.07 Å². The third-order valence-corrected chi connectivity index (χ3v) is 1.61. The number of carbonyl (C=O) groups is 1. The van der Waals surface area contributed by atoms with Gasteiger partial charge in [-0.25, -0.2) is 4.79 Å². The van der Waals surface area contributed by atoms with Crippen molar-refractivity contribution in [3.05, 3.63) is 23.6 Å².